The number of para-hydroxylation sites is 2. The molecule has 1 amide bonds. The Labute approximate surface area is 187 Å². The summed E-state index contributed by atoms with van der Waals surface area (Å²) in [4.78, 5) is 19.8. The van der Waals surface area contributed by atoms with Crippen molar-refractivity contribution < 1.29 is 4.79 Å². The van der Waals surface area contributed by atoms with E-state index in [9.17, 15) is 4.79 Å². The first-order valence-electron chi connectivity index (χ1n) is 10.5. The van der Waals surface area contributed by atoms with Gasteiger partial charge in [-0.1, -0.05) is 55.3 Å². The number of thioether (sulfide) groups is 2. The van der Waals surface area contributed by atoms with Gasteiger partial charge in [-0.15, -0.1) is 11.8 Å². The second kappa shape index (κ2) is 9.48. The molecule has 6 heteroatoms. The Hall–Kier alpha value is -1.92. The normalized spacial score (nSPS) is 16.0. The van der Waals surface area contributed by atoms with E-state index in [-0.39, 0.29) is 11.3 Å². The van der Waals surface area contributed by atoms with Crippen LogP contribution in [-0.4, -0.2) is 46.0 Å². The summed E-state index contributed by atoms with van der Waals surface area (Å²) in [5, 5.41) is 1.12. The molecule has 0 bridgehead atoms. The van der Waals surface area contributed by atoms with Gasteiger partial charge in [-0.25, -0.2) is 4.98 Å². The molecule has 1 saturated carbocycles. The molecule has 4 nitrogen and oxygen atoms in total. The van der Waals surface area contributed by atoms with Gasteiger partial charge in [0.05, 0.1) is 11.0 Å². The van der Waals surface area contributed by atoms with Crippen LogP contribution in [0.5, 0.6) is 0 Å². The lowest BCUT2D eigenvalue weighted by atomic mass is 9.94. The minimum atomic E-state index is 0.111. The fraction of sp³-hybridized carbons (Fsp3) is 0.417. The third-order valence-corrected chi connectivity index (χ3v) is 7.67. The fourth-order valence-corrected chi connectivity index (χ4v) is 5.92. The number of aromatic nitrogens is 2. The number of fused-ring (bicyclic) bond motifs is 1. The number of amides is 1. The lowest BCUT2D eigenvalue weighted by molar-refractivity contribution is 0.0696. The van der Waals surface area contributed by atoms with Crippen molar-refractivity contribution in [3.8, 4) is 0 Å². The summed E-state index contributed by atoms with van der Waals surface area (Å²) in [6.07, 6.45) is 10.2. The van der Waals surface area contributed by atoms with Crippen molar-refractivity contribution in [2.24, 2.45) is 0 Å². The molecule has 0 N–H and O–H groups in total. The van der Waals surface area contributed by atoms with Crippen LogP contribution in [0.1, 0.15) is 53.4 Å². The van der Waals surface area contributed by atoms with Gasteiger partial charge in [0.2, 0.25) is 0 Å². The number of benzene rings is 2. The van der Waals surface area contributed by atoms with E-state index in [4.69, 9.17) is 4.98 Å². The molecule has 0 saturated heterocycles. The fourth-order valence-electron chi connectivity index (χ4n) is 4.41. The van der Waals surface area contributed by atoms with Gasteiger partial charge in [0.15, 0.2) is 5.16 Å². The van der Waals surface area contributed by atoms with Crippen LogP contribution < -0.4 is 0 Å². The summed E-state index contributed by atoms with van der Waals surface area (Å²) in [5.41, 5.74) is 4.10. The van der Waals surface area contributed by atoms with Gasteiger partial charge in [-0.05, 0) is 55.2 Å². The molecule has 1 atom stereocenters. The predicted molar refractivity (Wildman–Crippen MR) is 129 cm³/mol. The molecule has 158 valence electrons. The standard InChI is InChI=1S/C24H29N3OS2/c1-26(19-9-5-4-6-10-19)22(28)17-13-15-18(16-14-17)23(29-2)27-21-12-8-7-11-20(21)25-24(27)30-3/h7-8,11-16,19,23H,4-6,9-10H2,1-3H3. The average Bonchev–Trinajstić information content (AvgIpc) is 3.18. The first kappa shape index (κ1) is 21.3. The van der Waals surface area contributed by atoms with E-state index in [2.05, 4.69) is 47.4 Å². The highest BCUT2D eigenvalue weighted by atomic mass is 32.2. The molecule has 1 aliphatic rings. The van der Waals surface area contributed by atoms with Crippen LogP contribution in [0.4, 0.5) is 0 Å². The van der Waals surface area contributed by atoms with Crippen molar-refractivity contribution >= 4 is 40.5 Å². The molecular formula is C24H29N3OS2. The summed E-state index contributed by atoms with van der Waals surface area (Å²) in [5.74, 6) is 0.132. The van der Waals surface area contributed by atoms with Crippen molar-refractivity contribution in [1.29, 1.82) is 0 Å². The van der Waals surface area contributed by atoms with Gasteiger partial charge in [0.25, 0.3) is 5.91 Å². The summed E-state index contributed by atoms with van der Waals surface area (Å²) in [7, 11) is 1.96. The van der Waals surface area contributed by atoms with Gasteiger partial charge in [0, 0.05) is 18.7 Å². The maximum absolute atomic E-state index is 13.0. The molecule has 1 aliphatic carbocycles. The Kier molecular flexibility index (Phi) is 6.74. The average molecular weight is 440 g/mol. The summed E-state index contributed by atoms with van der Waals surface area (Å²) >= 11 is 3.45. The van der Waals surface area contributed by atoms with Crippen molar-refractivity contribution in [3.05, 3.63) is 59.7 Å². The molecule has 0 aliphatic heterocycles. The Bertz CT molecular complexity index is 1010. The number of carbonyl (C=O) groups excluding carboxylic acids is 1. The van der Waals surface area contributed by atoms with E-state index in [0.717, 1.165) is 34.6 Å². The van der Waals surface area contributed by atoms with Gasteiger partial charge in [0.1, 0.15) is 5.37 Å². The highest BCUT2D eigenvalue weighted by molar-refractivity contribution is 7.99. The van der Waals surface area contributed by atoms with Crippen molar-refractivity contribution in [3.63, 3.8) is 0 Å². The van der Waals surface area contributed by atoms with Gasteiger partial charge < -0.3 is 9.47 Å². The molecule has 2 aromatic carbocycles. The molecular weight excluding hydrogens is 410 g/mol. The second-order valence-electron chi connectivity index (χ2n) is 7.88. The van der Waals surface area contributed by atoms with E-state index in [1.54, 1.807) is 23.5 Å². The third-order valence-electron chi connectivity index (χ3n) is 6.09. The predicted octanol–water partition coefficient (Wildman–Crippen LogP) is 6.07. The first-order chi connectivity index (χ1) is 14.6. The minimum absolute atomic E-state index is 0.111. The Balaban J connectivity index is 1.61. The number of nitrogens with zero attached hydrogens (tertiary/aromatic N) is 3. The summed E-state index contributed by atoms with van der Waals surface area (Å²) < 4.78 is 2.30. The minimum Gasteiger partial charge on any atom is -0.339 e. The molecule has 0 radical (unpaired) electrons. The Morgan fingerprint density at radius 1 is 1.07 bits per heavy atom. The number of imidazole rings is 1. The molecule has 0 spiro atoms. The van der Waals surface area contributed by atoms with E-state index in [1.807, 2.05) is 30.1 Å². The van der Waals surface area contributed by atoms with Gasteiger partial charge in [-0.3, -0.25) is 4.79 Å². The van der Waals surface area contributed by atoms with Crippen LogP contribution >= 0.6 is 23.5 Å². The van der Waals surface area contributed by atoms with Crippen LogP contribution in [0.25, 0.3) is 11.0 Å². The molecule has 30 heavy (non-hydrogen) atoms. The van der Waals surface area contributed by atoms with Crippen LogP contribution in [0.2, 0.25) is 0 Å². The first-order valence-corrected chi connectivity index (χ1v) is 13.1. The summed E-state index contributed by atoms with van der Waals surface area (Å²) in [6, 6.07) is 16.8. The summed E-state index contributed by atoms with van der Waals surface area (Å²) in [6.45, 7) is 0. The number of hydrogen-bond donors (Lipinski definition) is 0. The molecule has 1 aromatic heterocycles. The molecule has 1 unspecified atom stereocenters. The third kappa shape index (κ3) is 4.12. The molecule has 1 heterocycles. The Morgan fingerprint density at radius 2 is 1.77 bits per heavy atom. The maximum Gasteiger partial charge on any atom is 0.253 e. The van der Waals surface area contributed by atoms with Gasteiger partial charge in [-0.2, -0.15) is 0 Å². The quantitative estimate of drug-likeness (QED) is 0.437. The smallest absolute Gasteiger partial charge is 0.253 e. The van der Waals surface area contributed by atoms with E-state index < -0.39 is 0 Å². The van der Waals surface area contributed by atoms with E-state index >= 15 is 0 Å². The SMILES string of the molecule is CSc1nc2ccccc2n1C(SC)c1ccc(C(=O)N(C)C2CCCCC2)cc1. The number of rotatable bonds is 6. The monoisotopic (exact) mass is 439 g/mol. The van der Waals surface area contributed by atoms with E-state index in [1.165, 1.54) is 24.8 Å². The molecule has 1 fully saturated rings. The van der Waals surface area contributed by atoms with Crippen LogP contribution in [-0.2, 0) is 0 Å². The lowest BCUT2D eigenvalue weighted by Gasteiger charge is -2.31. The largest absolute Gasteiger partial charge is 0.339 e. The van der Waals surface area contributed by atoms with Crippen LogP contribution in [0.15, 0.2) is 53.7 Å². The molecule has 3 aromatic rings. The van der Waals surface area contributed by atoms with Crippen LogP contribution in [0, 0.1) is 0 Å². The topological polar surface area (TPSA) is 38.1 Å². The number of hydrogen-bond acceptors (Lipinski definition) is 4. The zero-order chi connectivity index (χ0) is 21.1. The zero-order valence-corrected chi connectivity index (χ0v) is 19.5. The number of carbonyl (C=O) groups is 1. The molecule has 4 rings (SSSR count). The second-order valence-corrected chi connectivity index (χ2v) is 9.57. The van der Waals surface area contributed by atoms with E-state index in [0.29, 0.717) is 6.04 Å². The van der Waals surface area contributed by atoms with Crippen molar-refractivity contribution in [2.45, 2.75) is 48.7 Å². The Morgan fingerprint density at radius 3 is 2.43 bits per heavy atom. The highest BCUT2D eigenvalue weighted by Gasteiger charge is 2.24. The lowest BCUT2D eigenvalue weighted by Crippen LogP contribution is -2.38. The van der Waals surface area contributed by atoms with Crippen LogP contribution in [0.3, 0.4) is 0 Å². The van der Waals surface area contributed by atoms with Crippen molar-refractivity contribution in [2.75, 3.05) is 19.6 Å². The van der Waals surface area contributed by atoms with Crippen molar-refractivity contribution in [1.82, 2.24) is 14.5 Å². The zero-order valence-electron chi connectivity index (χ0n) is 17.9. The highest BCUT2D eigenvalue weighted by Crippen LogP contribution is 2.36. The van der Waals surface area contributed by atoms with Gasteiger partial charge >= 0.3 is 0 Å². The maximum atomic E-state index is 13.0.